The molecule has 4 nitrogen and oxygen atoms in total. The molecule has 34 heavy (non-hydrogen) atoms. The number of carbonyl (C=O) groups is 1. The molecule has 5 fully saturated rings. The Balaban J connectivity index is 1.21. The molecule has 1 aromatic heterocycles. The second kappa shape index (κ2) is 7.83. The highest BCUT2D eigenvalue weighted by Crippen LogP contribution is 2.61. The second-order valence-corrected chi connectivity index (χ2v) is 11.4. The molecule has 4 bridgehead atoms. The predicted octanol–water partition coefficient (Wildman–Crippen LogP) is 5.67. The summed E-state index contributed by atoms with van der Waals surface area (Å²) in [7, 11) is 0. The first kappa shape index (κ1) is 20.5. The molecule has 0 spiro atoms. The van der Waals surface area contributed by atoms with E-state index < -0.39 is 0 Å². The maximum atomic E-state index is 13.8. The normalized spacial score (nSPS) is 30.2. The summed E-state index contributed by atoms with van der Waals surface area (Å²) in [4.78, 5) is 22.6. The van der Waals surface area contributed by atoms with Gasteiger partial charge >= 0.3 is 0 Å². The average molecular weight is 452 g/mol. The van der Waals surface area contributed by atoms with Crippen molar-refractivity contribution in [2.24, 2.45) is 17.8 Å². The molecule has 1 amide bonds. The summed E-state index contributed by atoms with van der Waals surface area (Å²) in [5.74, 6) is 3.87. The van der Waals surface area contributed by atoms with Gasteiger partial charge in [-0.3, -0.25) is 4.79 Å². The van der Waals surface area contributed by atoms with Gasteiger partial charge in [0.05, 0.1) is 0 Å². The first-order valence-corrected chi connectivity index (χ1v) is 13.2. The molecule has 0 atom stereocenters. The molecule has 174 valence electrons. The number of nitrogens with zero attached hydrogens (tertiary/aromatic N) is 3. The van der Waals surface area contributed by atoms with E-state index in [0.29, 0.717) is 0 Å². The average Bonchev–Trinajstić information content (AvgIpc) is 2.87. The van der Waals surface area contributed by atoms with Crippen molar-refractivity contribution in [2.45, 2.75) is 43.9 Å². The number of hydrogen-bond donors (Lipinski definition) is 0. The number of benzene rings is 2. The molecule has 4 heteroatoms. The molecule has 1 saturated heterocycles. The van der Waals surface area contributed by atoms with Gasteiger partial charge in [0.15, 0.2) is 0 Å². The number of piperazine rings is 1. The Morgan fingerprint density at radius 3 is 2.18 bits per heavy atom. The van der Waals surface area contributed by atoms with Gasteiger partial charge in [-0.25, -0.2) is 4.98 Å². The summed E-state index contributed by atoms with van der Waals surface area (Å²) in [5.41, 5.74) is 2.64. The minimum atomic E-state index is 0.192. The zero-order chi connectivity index (χ0) is 22.7. The highest BCUT2D eigenvalue weighted by Gasteiger charge is 2.52. The third-order valence-electron chi connectivity index (χ3n) is 9.26. The lowest BCUT2D eigenvalue weighted by Gasteiger charge is -2.57. The van der Waals surface area contributed by atoms with Crippen LogP contribution in [0.2, 0.25) is 0 Å². The largest absolute Gasteiger partial charge is 0.353 e. The molecule has 8 rings (SSSR count). The molecule has 0 N–H and O–H groups in total. The zero-order valence-corrected chi connectivity index (χ0v) is 19.8. The van der Waals surface area contributed by atoms with Gasteiger partial charge in [0.25, 0.3) is 5.91 Å². The molecule has 4 saturated carbocycles. The first-order valence-electron chi connectivity index (χ1n) is 13.2. The number of hydrogen-bond acceptors (Lipinski definition) is 3. The van der Waals surface area contributed by atoms with E-state index in [2.05, 4.69) is 52.3 Å². The van der Waals surface area contributed by atoms with Crippen LogP contribution < -0.4 is 4.90 Å². The molecule has 3 aromatic rings. The Morgan fingerprint density at radius 2 is 1.50 bits per heavy atom. The van der Waals surface area contributed by atoms with Gasteiger partial charge < -0.3 is 9.80 Å². The van der Waals surface area contributed by atoms with E-state index in [1.165, 1.54) is 54.9 Å². The number of aromatic nitrogens is 1. The SMILES string of the molecule is O=C(c1cc(C23CC4CC(CC(C4)C2)C3)c2ccccc2c1)N1CCN(c2ccccn2)CC1. The lowest BCUT2D eigenvalue weighted by atomic mass is 9.47. The van der Waals surface area contributed by atoms with Crippen molar-refractivity contribution in [3.8, 4) is 0 Å². The third kappa shape index (κ3) is 3.33. The Bertz CT molecular complexity index is 1190. The molecule has 1 aliphatic heterocycles. The van der Waals surface area contributed by atoms with Gasteiger partial charge in [0.1, 0.15) is 5.82 Å². The summed E-state index contributed by atoms with van der Waals surface area (Å²) >= 11 is 0. The number of anilines is 1. The standard InChI is InChI=1S/C30H33N3O/c34-29(33-11-9-32(10-12-33)28-7-3-4-8-31-28)25-16-24-5-1-2-6-26(24)27(17-25)30-18-21-13-22(19-30)15-23(14-21)20-30/h1-8,16-17,21-23H,9-15,18-20H2. The van der Waals surface area contributed by atoms with Gasteiger partial charge in [-0.2, -0.15) is 0 Å². The lowest BCUT2D eigenvalue weighted by molar-refractivity contribution is -0.00452. The summed E-state index contributed by atoms with van der Waals surface area (Å²) in [6, 6.07) is 19.3. The van der Waals surface area contributed by atoms with Gasteiger partial charge in [0, 0.05) is 37.9 Å². The smallest absolute Gasteiger partial charge is 0.254 e. The van der Waals surface area contributed by atoms with E-state index in [9.17, 15) is 4.79 Å². The van der Waals surface area contributed by atoms with Crippen LogP contribution in [0.4, 0.5) is 5.82 Å². The summed E-state index contributed by atoms with van der Waals surface area (Å²) in [6.07, 6.45) is 10.1. The van der Waals surface area contributed by atoms with Crippen LogP contribution in [0.1, 0.15) is 54.4 Å². The van der Waals surface area contributed by atoms with Crippen LogP contribution in [0.5, 0.6) is 0 Å². The molecular formula is C30H33N3O. The summed E-state index contributed by atoms with van der Waals surface area (Å²) in [5, 5.41) is 2.60. The highest BCUT2D eigenvalue weighted by molar-refractivity contribution is 6.00. The van der Waals surface area contributed by atoms with Crippen molar-refractivity contribution in [3.63, 3.8) is 0 Å². The van der Waals surface area contributed by atoms with Gasteiger partial charge in [-0.15, -0.1) is 0 Å². The minimum absolute atomic E-state index is 0.192. The molecule has 5 aliphatic rings. The van der Waals surface area contributed by atoms with E-state index in [0.717, 1.165) is 55.3 Å². The van der Waals surface area contributed by atoms with Crippen LogP contribution in [0, 0.1) is 17.8 Å². The Kier molecular flexibility index (Phi) is 4.72. The Hall–Kier alpha value is -2.88. The van der Waals surface area contributed by atoms with Crippen LogP contribution in [0.15, 0.2) is 60.8 Å². The van der Waals surface area contributed by atoms with Crippen molar-refractivity contribution >= 4 is 22.5 Å². The lowest BCUT2D eigenvalue weighted by Crippen LogP contribution is -2.49. The Labute approximate surface area is 202 Å². The number of amides is 1. The fraction of sp³-hybridized carbons (Fsp3) is 0.467. The molecule has 4 aliphatic carbocycles. The summed E-state index contributed by atoms with van der Waals surface area (Å²) in [6.45, 7) is 3.15. The fourth-order valence-corrected chi connectivity index (χ4v) is 8.18. The van der Waals surface area contributed by atoms with Gasteiger partial charge in [0.2, 0.25) is 0 Å². The number of fused-ring (bicyclic) bond motifs is 1. The van der Waals surface area contributed by atoms with Crippen LogP contribution in [0.25, 0.3) is 10.8 Å². The van der Waals surface area contributed by atoms with Crippen LogP contribution in [-0.4, -0.2) is 42.0 Å². The quantitative estimate of drug-likeness (QED) is 0.515. The van der Waals surface area contributed by atoms with E-state index in [-0.39, 0.29) is 11.3 Å². The molecular weight excluding hydrogens is 418 g/mol. The van der Waals surface area contributed by atoms with Gasteiger partial charge in [-0.05, 0) is 102 Å². The monoisotopic (exact) mass is 451 g/mol. The minimum Gasteiger partial charge on any atom is -0.353 e. The van der Waals surface area contributed by atoms with E-state index in [4.69, 9.17) is 0 Å². The maximum absolute atomic E-state index is 13.8. The predicted molar refractivity (Wildman–Crippen MR) is 136 cm³/mol. The van der Waals surface area contributed by atoms with Crippen LogP contribution in [0.3, 0.4) is 0 Å². The van der Waals surface area contributed by atoms with Crippen molar-refractivity contribution < 1.29 is 4.79 Å². The van der Waals surface area contributed by atoms with Crippen LogP contribution in [-0.2, 0) is 5.41 Å². The summed E-state index contributed by atoms with van der Waals surface area (Å²) < 4.78 is 0. The zero-order valence-electron chi connectivity index (χ0n) is 19.8. The van der Waals surface area contributed by atoms with E-state index >= 15 is 0 Å². The molecule has 2 aromatic carbocycles. The second-order valence-electron chi connectivity index (χ2n) is 11.4. The van der Waals surface area contributed by atoms with Crippen molar-refractivity contribution in [1.82, 2.24) is 9.88 Å². The highest BCUT2D eigenvalue weighted by atomic mass is 16.2. The topological polar surface area (TPSA) is 36.4 Å². The Morgan fingerprint density at radius 1 is 0.824 bits per heavy atom. The fourth-order valence-electron chi connectivity index (χ4n) is 8.18. The van der Waals surface area contributed by atoms with Crippen molar-refractivity contribution in [3.05, 3.63) is 71.9 Å². The van der Waals surface area contributed by atoms with Gasteiger partial charge in [-0.1, -0.05) is 30.3 Å². The molecule has 0 radical (unpaired) electrons. The van der Waals surface area contributed by atoms with Crippen molar-refractivity contribution in [1.29, 1.82) is 0 Å². The molecule has 0 unspecified atom stereocenters. The van der Waals surface area contributed by atoms with E-state index in [1.807, 2.05) is 23.2 Å². The van der Waals surface area contributed by atoms with E-state index in [1.54, 1.807) is 0 Å². The number of carbonyl (C=O) groups excluding carboxylic acids is 1. The first-order chi connectivity index (χ1) is 16.7. The molecule has 2 heterocycles. The number of rotatable bonds is 3. The third-order valence-corrected chi connectivity index (χ3v) is 9.26. The van der Waals surface area contributed by atoms with Crippen LogP contribution >= 0.6 is 0 Å². The number of pyridine rings is 1. The maximum Gasteiger partial charge on any atom is 0.254 e. The van der Waals surface area contributed by atoms with Crippen molar-refractivity contribution in [2.75, 3.05) is 31.1 Å².